The first kappa shape index (κ1) is 69.5. The molecule has 0 radical (unpaired) electrons. The van der Waals surface area contributed by atoms with Crippen LogP contribution < -0.4 is 21.1 Å². The summed E-state index contributed by atoms with van der Waals surface area (Å²) < 4.78 is 145. The van der Waals surface area contributed by atoms with E-state index in [2.05, 4.69) is 20.4 Å². The summed E-state index contributed by atoms with van der Waals surface area (Å²) in [6.07, 6.45) is 3.18. The average Bonchev–Trinajstić information content (AvgIpc) is 2.98. The quantitative estimate of drug-likeness (QED) is 0.0141. The molecule has 0 spiro atoms. The Morgan fingerprint density at radius 1 is 0.695 bits per heavy atom. The third kappa shape index (κ3) is 26.3. The number of thiophene rings is 1. The molecule has 1 saturated heterocycles. The van der Waals surface area contributed by atoms with Crippen molar-refractivity contribution in [3.05, 3.63) is 44.7 Å². The Bertz CT molecular complexity index is 2430. The van der Waals surface area contributed by atoms with E-state index in [1.54, 1.807) is 11.3 Å². The van der Waals surface area contributed by atoms with Gasteiger partial charge in [0.1, 0.15) is 5.84 Å². The number of nitrogens with zero attached hydrogens (tertiary/aromatic N) is 3. The molecule has 1 fully saturated rings. The van der Waals surface area contributed by atoms with Crippen molar-refractivity contribution in [2.24, 2.45) is 16.6 Å². The van der Waals surface area contributed by atoms with Crippen LogP contribution in [0, 0.1) is 29.2 Å². The molecule has 4 rings (SSSR count). The number of amidine groups is 1. The Morgan fingerprint density at radius 3 is 1.61 bits per heavy atom. The van der Waals surface area contributed by atoms with Crippen LogP contribution >= 0.6 is 11.3 Å². The second kappa shape index (κ2) is 39.5. The van der Waals surface area contributed by atoms with Crippen molar-refractivity contribution in [1.29, 1.82) is 0 Å². The van der Waals surface area contributed by atoms with Crippen molar-refractivity contribution in [3.8, 4) is 5.75 Å². The van der Waals surface area contributed by atoms with Gasteiger partial charge in [-0.2, -0.15) is 17.2 Å². The number of rotatable bonds is 45. The van der Waals surface area contributed by atoms with E-state index in [9.17, 15) is 45.2 Å². The Hall–Kier alpha value is -5.00. The number of ether oxygens (including phenoxy) is 11. The minimum absolute atomic E-state index is 0.0159. The van der Waals surface area contributed by atoms with E-state index in [0.717, 1.165) is 21.9 Å². The number of halogens is 4. The lowest BCUT2D eigenvalue weighted by Gasteiger charge is -2.39. The van der Waals surface area contributed by atoms with Gasteiger partial charge in [0.25, 0.3) is 5.91 Å². The molecular weight excluding hydrogens is 1140 g/mol. The number of esters is 1. The summed E-state index contributed by atoms with van der Waals surface area (Å²) in [7, 11) is -5.65. The predicted octanol–water partition coefficient (Wildman–Crippen LogP) is 3.37. The van der Waals surface area contributed by atoms with Crippen LogP contribution in [0.25, 0.3) is 6.08 Å². The molecule has 1 aromatic heterocycles. The van der Waals surface area contributed by atoms with Crippen molar-refractivity contribution in [2.75, 3.05) is 171 Å². The number of carbonyl (C=O) groups excluding carboxylic acids is 4. The fraction of sp³-hybridized carbons (Fsp3) is 0.667. The summed E-state index contributed by atoms with van der Waals surface area (Å²) in [4.78, 5) is 61.6. The highest BCUT2D eigenvalue weighted by Gasteiger charge is 2.35. The zero-order valence-electron chi connectivity index (χ0n) is 46.2. The molecule has 2 aliphatic rings. The lowest BCUT2D eigenvalue weighted by Crippen LogP contribution is -2.50. The van der Waals surface area contributed by atoms with Gasteiger partial charge in [-0.3, -0.25) is 23.8 Å². The van der Waals surface area contributed by atoms with Gasteiger partial charge in [-0.15, -0.1) is 11.3 Å². The number of amides is 4. The molecule has 0 saturated carbocycles. The summed E-state index contributed by atoms with van der Waals surface area (Å²) in [5.41, 5.74) is 7.43. The summed E-state index contributed by atoms with van der Waals surface area (Å²) in [5, 5.41) is 6.64. The first-order chi connectivity index (χ1) is 39.5. The zero-order valence-corrected chi connectivity index (χ0v) is 47.8. The maximum absolute atomic E-state index is 14.0. The molecule has 5 N–H and O–H groups in total. The number of aliphatic imine (C=N–C) groups is 1. The minimum Gasteiger partial charge on any atom is -0.420 e. The molecule has 4 amide bonds. The van der Waals surface area contributed by atoms with Crippen molar-refractivity contribution >= 4 is 62.9 Å². The van der Waals surface area contributed by atoms with Crippen LogP contribution in [0.3, 0.4) is 0 Å². The third-order valence-corrected chi connectivity index (χ3v) is 13.3. The zero-order chi connectivity index (χ0) is 59.5. The van der Waals surface area contributed by atoms with Crippen molar-refractivity contribution in [2.45, 2.75) is 50.8 Å². The first-order valence-corrected chi connectivity index (χ1v) is 29.0. The number of hydroxylamine groups is 2. The lowest BCUT2D eigenvalue weighted by molar-refractivity contribution is -0.181. The number of nitrogens with two attached hydrogens (primary N) is 1. The molecule has 0 aliphatic carbocycles. The summed E-state index contributed by atoms with van der Waals surface area (Å²) in [6, 6.07) is 1.70. The number of hydrogen-bond acceptors (Lipinski definition) is 21. The Labute approximate surface area is 477 Å². The number of likely N-dealkylation sites (tertiary alicyclic amines) is 1. The van der Waals surface area contributed by atoms with Gasteiger partial charge >= 0.3 is 22.1 Å². The van der Waals surface area contributed by atoms with Crippen molar-refractivity contribution < 1.29 is 107 Å². The van der Waals surface area contributed by atoms with E-state index in [4.69, 9.17) is 62.5 Å². The van der Waals surface area contributed by atoms with E-state index >= 15 is 0 Å². The van der Waals surface area contributed by atoms with E-state index in [-0.39, 0.29) is 76.9 Å². The summed E-state index contributed by atoms with van der Waals surface area (Å²) in [6.45, 7) is 12.2. The van der Waals surface area contributed by atoms with Gasteiger partial charge in [-0.1, -0.05) is 6.92 Å². The summed E-state index contributed by atoms with van der Waals surface area (Å²) in [5.74, 6) is -12.3. The molecule has 0 unspecified atom stereocenters. The topological polar surface area (TPSA) is 302 Å². The molecule has 2 aromatic rings. The molecule has 464 valence electrons. The first-order valence-electron chi connectivity index (χ1n) is 26.8. The van der Waals surface area contributed by atoms with Gasteiger partial charge in [0.2, 0.25) is 23.3 Å². The molecular formula is C51H76F4N6O19S2. The van der Waals surface area contributed by atoms with Gasteiger partial charge in [-0.25, -0.2) is 23.6 Å². The van der Waals surface area contributed by atoms with Crippen LogP contribution in [0.4, 0.5) is 28.0 Å². The van der Waals surface area contributed by atoms with Crippen LogP contribution in [0.1, 0.15) is 49.3 Å². The standard InChI is InChI=1S/C51H76F4N6O19S2/c1-3-8-61(79-11-7-58-51(65)57-4-2)50(64)37-31-40-39(59-41(56)32-37)33-38(81-40)30-36-34-60(35-36)42(62)5-9-69-12-14-71-16-18-73-20-22-75-24-26-77-28-29-78-27-25-76-23-21-74-19-17-72-15-13-70-10-6-43(63)80-48-44(52)46(54)49(82(66,67)68)47(55)45(48)53/h31,33,36H,3-30,32,34-35H2,1-2H3,(H2,56,59)(H2,57,58,65)(H,66,67,68). The summed E-state index contributed by atoms with van der Waals surface area (Å²) >= 11 is 1.56. The van der Waals surface area contributed by atoms with E-state index < -0.39 is 56.4 Å². The molecule has 0 atom stereocenters. The van der Waals surface area contributed by atoms with Crippen LogP contribution in [-0.2, 0) is 83.1 Å². The van der Waals surface area contributed by atoms with Crippen LogP contribution in [-0.4, -0.2) is 224 Å². The monoisotopic (exact) mass is 1220 g/mol. The smallest absolute Gasteiger partial charge is 0.314 e. The van der Waals surface area contributed by atoms with E-state index in [1.807, 2.05) is 30.9 Å². The van der Waals surface area contributed by atoms with Gasteiger partial charge in [-0.05, 0) is 37.8 Å². The fourth-order valence-electron chi connectivity index (χ4n) is 7.42. The Morgan fingerprint density at radius 2 is 1.16 bits per heavy atom. The highest BCUT2D eigenvalue weighted by Crippen LogP contribution is 2.37. The molecule has 82 heavy (non-hydrogen) atoms. The minimum atomic E-state index is -5.65. The predicted molar refractivity (Wildman–Crippen MR) is 286 cm³/mol. The molecule has 0 bridgehead atoms. The van der Waals surface area contributed by atoms with Crippen molar-refractivity contribution in [3.63, 3.8) is 0 Å². The van der Waals surface area contributed by atoms with Crippen LogP contribution in [0.2, 0.25) is 0 Å². The number of benzene rings is 1. The largest absolute Gasteiger partial charge is 0.420 e. The fourth-order valence-corrected chi connectivity index (χ4v) is 9.23. The number of fused-ring (bicyclic) bond motifs is 1. The van der Waals surface area contributed by atoms with E-state index in [1.165, 1.54) is 5.06 Å². The third-order valence-electron chi connectivity index (χ3n) is 11.3. The Kier molecular flexibility index (Phi) is 33.5. The maximum atomic E-state index is 14.0. The normalized spacial score (nSPS) is 13.5. The number of nitrogens with one attached hydrogen (secondary N) is 2. The highest BCUT2D eigenvalue weighted by atomic mass is 32.2. The second-order valence-electron chi connectivity index (χ2n) is 17.8. The number of carbonyl (C=O) groups is 4. The van der Waals surface area contributed by atoms with Gasteiger partial charge in [0, 0.05) is 49.6 Å². The SMILES string of the molecule is CCCN(OCCNC(=O)NCC)C(=O)C1=Cc2sc(CC3CN(C(=O)CCOCCOCCOCCOCCOCCOCCOCCOCCOCCOCCC(=O)Oc4c(F)c(F)c(S(=O)(=O)O)c(F)c4F)C3)cc2N=C(N)C1. The number of hydrogen-bond donors (Lipinski definition) is 4. The van der Waals surface area contributed by atoms with Crippen molar-refractivity contribution in [1.82, 2.24) is 20.6 Å². The molecule has 2 aliphatic heterocycles. The lowest BCUT2D eigenvalue weighted by atomic mass is 9.95. The van der Waals surface area contributed by atoms with Gasteiger partial charge in [0.15, 0.2) is 16.5 Å². The molecule has 31 heteroatoms. The average molecular weight is 1220 g/mol. The maximum Gasteiger partial charge on any atom is 0.314 e. The second-order valence-corrected chi connectivity index (χ2v) is 20.3. The van der Waals surface area contributed by atoms with Gasteiger partial charge < -0.3 is 73.4 Å². The Balaban J connectivity index is 0.857. The van der Waals surface area contributed by atoms with Gasteiger partial charge in [0.05, 0.1) is 162 Å². The van der Waals surface area contributed by atoms with Crippen LogP contribution in [0.15, 0.2) is 21.5 Å². The number of urea groups is 1. The van der Waals surface area contributed by atoms with E-state index in [0.29, 0.717) is 149 Å². The molecule has 1 aromatic carbocycles. The van der Waals surface area contributed by atoms with Crippen LogP contribution in [0.5, 0.6) is 5.75 Å². The highest BCUT2D eigenvalue weighted by molar-refractivity contribution is 7.85. The molecule has 3 heterocycles. The molecule has 25 nitrogen and oxygen atoms in total.